The molecule has 0 aliphatic carbocycles. The second-order valence-electron chi connectivity index (χ2n) is 5.88. The zero-order valence-electron chi connectivity index (χ0n) is 14.5. The molecule has 0 saturated heterocycles. The molecule has 24 heavy (non-hydrogen) atoms. The number of benzene rings is 1. The maximum Gasteiger partial charge on any atom is 0.165 e. The van der Waals surface area contributed by atoms with E-state index in [9.17, 15) is 4.39 Å². The Bertz CT molecular complexity index is 907. The highest BCUT2D eigenvalue weighted by molar-refractivity contribution is 7.18. The molecule has 0 bridgehead atoms. The smallest absolute Gasteiger partial charge is 0.165 e. The Balaban J connectivity index is 1.99. The fraction of sp³-hybridized carbons (Fsp3) is 0.333. The van der Waals surface area contributed by atoms with Gasteiger partial charge >= 0.3 is 0 Å². The van der Waals surface area contributed by atoms with Crippen molar-refractivity contribution in [2.24, 2.45) is 0 Å². The zero-order valence-corrected chi connectivity index (χ0v) is 15.3. The van der Waals surface area contributed by atoms with Crippen molar-refractivity contribution in [3.05, 3.63) is 45.8 Å². The van der Waals surface area contributed by atoms with Crippen LogP contribution in [-0.4, -0.2) is 24.1 Å². The van der Waals surface area contributed by atoms with Crippen LogP contribution in [0.4, 0.5) is 10.2 Å². The number of hydrogen-bond acceptors (Lipinski definition) is 5. The molecule has 4 nitrogen and oxygen atoms in total. The molecule has 2 aromatic heterocycles. The van der Waals surface area contributed by atoms with E-state index in [0.717, 1.165) is 27.4 Å². The van der Waals surface area contributed by atoms with Crippen LogP contribution < -0.4 is 9.64 Å². The zero-order chi connectivity index (χ0) is 17.4. The Labute approximate surface area is 144 Å². The van der Waals surface area contributed by atoms with Gasteiger partial charge in [-0.15, -0.1) is 11.3 Å². The molecule has 3 rings (SSSR count). The largest absolute Gasteiger partial charge is 0.494 e. The summed E-state index contributed by atoms with van der Waals surface area (Å²) in [4.78, 5) is 13.5. The van der Waals surface area contributed by atoms with Gasteiger partial charge in [0.15, 0.2) is 11.6 Å². The first kappa shape index (κ1) is 16.6. The fourth-order valence-corrected chi connectivity index (χ4v) is 3.83. The van der Waals surface area contributed by atoms with Gasteiger partial charge in [-0.2, -0.15) is 0 Å². The molecule has 0 unspecified atom stereocenters. The van der Waals surface area contributed by atoms with Gasteiger partial charge in [0.25, 0.3) is 0 Å². The minimum Gasteiger partial charge on any atom is -0.494 e. The van der Waals surface area contributed by atoms with Crippen LogP contribution in [0, 0.1) is 26.6 Å². The van der Waals surface area contributed by atoms with Gasteiger partial charge in [-0.05, 0) is 44.0 Å². The highest BCUT2D eigenvalue weighted by Gasteiger charge is 2.17. The maximum absolute atomic E-state index is 13.9. The Morgan fingerprint density at radius 2 is 1.96 bits per heavy atom. The lowest BCUT2D eigenvalue weighted by atomic mass is 10.1. The highest BCUT2D eigenvalue weighted by Crippen LogP contribution is 2.35. The van der Waals surface area contributed by atoms with Crippen LogP contribution in [0.2, 0.25) is 0 Å². The summed E-state index contributed by atoms with van der Waals surface area (Å²) in [5.41, 5.74) is 2.07. The molecule has 126 valence electrons. The molecule has 6 heteroatoms. The number of hydrogen-bond donors (Lipinski definition) is 0. The number of fused-ring (bicyclic) bond motifs is 1. The molecule has 0 atom stereocenters. The first-order valence-corrected chi connectivity index (χ1v) is 8.50. The van der Waals surface area contributed by atoms with Crippen molar-refractivity contribution < 1.29 is 9.13 Å². The number of methoxy groups -OCH3 is 1. The van der Waals surface area contributed by atoms with E-state index in [1.165, 1.54) is 23.6 Å². The molecule has 0 N–H and O–H groups in total. The summed E-state index contributed by atoms with van der Waals surface area (Å²) in [6.45, 7) is 6.64. The van der Waals surface area contributed by atoms with E-state index in [1.54, 1.807) is 17.4 Å². The molecular formula is C18H20FN3OS. The molecule has 3 aromatic rings. The standard InChI is InChI=1S/C18H20FN3OS/c1-10-11(2)24-18-16(10)17(20-12(3)21-18)22(4)9-13-6-7-15(23-5)14(19)8-13/h6-8H,9H2,1-5H3. The molecule has 0 saturated carbocycles. The molecule has 0 aliphatic rings. The topological polar surface area (TPSA) is 38.2 Å². The van der Waals surface area contributed by atoms with Crippen LogP contribution in [0.1, 0.15) is 21.8 Å². The van der Waals surface area contributed by atoms with Crippen LogP contribution in [0.5, 0.6) is 5.75 Å². The van der Waals surface area contributed by atoms with Crippen LogP contribution in [0.15, 0.2) is 18.2 Å². The van der Waals surface area contributed by atoms with Crippen molar-refractivity contribution in [1.82, 2.24) is 9.97 Å². The highest BCUT2D eigenvalue weighted by atomic mass is 32.1. The number of ether oxygens (including phenoxy) is 1. The fourth-order valence-electron chi connectivity index (χ4n) is 2.77. The van der Waals surface area contributed by atoms with Crippen LogP contribution in [-0.2, 0) is 6.54 Å². The van der Waals surface area contributed by atoms with Gasteiger partial charge in [0, 0.05) is 18.5 Å². The monoisotopic (exact) mass is 345 g/mol. The van der Waals surface area contributed by atoms with Gasteiger partial charge in [0.2, 0.25) is 0 Å². The van der Waals surface area contributed by atoms with E-state index in [0.29, 0.717) is 6.54 Å². The molecule has 0 aliphatic heterocycles. The predicted molar refractivity (Wildman–Crippen MR) is 96.7 cm³/mol. The third-order valence-electron chi connectivity index (χ3n) is 4.12. The Morgan fingerprint density at radius 3 is 2.62 bits per heavy atom. The van der Waals surface area contributed by atoms with Gasteiger partial charge < -0.3 is 9.64 Å². The Morgan fingerprint density at radius 1 is 1.21 bits per heavy atom. The Kier molecular flexibility index (Phi) is 4.41. The number of anilines is 1. The molecule has 0 amide bonds. The van der Waals surface area contributed by atoms with Crippen LogP contribution in [0.3, 0.4) is 0 Å². The van der Waals surface area contributed by atoms with Crippen molar-refractivity contribution in [1.29, 1.82) is 0 Å². The summed E-state index contributed by atoms with van der Waals surface area (Å²) in [6, 6.07) is 5.03. The first-order valence-electron chi connectivity index (χ1n) is 7.68. The minimum atomic E-state index is -0.352. The summed E-state index contributed by atoms with van der Waals surface area (Å²) in [5.74, 6) is 1.53. The maximum atomic E-state index is 13.9. The quantitative estimate of drug-likeness (QED) is 0.702. The number of halogens is 1. The van der Waals surface area contributed by atoms with Crippen molar-refractivity contribution >= 4 is 27.4 Å². The van der Waals surface area contributed by atoms with Crippen molar-refractivity contribution in [2.45, 2.75) is 27.3 Å². The number of rotatable bonds is 4. The number of aromatic nitrogens is 2. The third-order valence-corrected chi connectivity index (χ3v) is 5.22. The van der Waals surface area contributed by atoms with Crippen LogP contribution in [0.25, 0.3) is 10.2 Å². The summed E-state index contributed by atoms with van der Waals surface area (Å²) >= 11 is 1.68. The van der Waals surface area contributed by atoms with Gasteiger partial charge in [-0.3, -0.25) is 0 Å². The van der Waals surface area contributed by atoms with Gasteiger partial charge in [-0.1, -0.05) is 6.07 Å². The minimum absolute atomic E-state index is 0.256. The van der Waals surface area contributed by atoms with Crippen molar-refractivity contribution in [3.8, 4) is 5.75 Å². The van der Waals surface area contributed by atoms with Crippen LogP contribution >= 0.6 is 11.3 Å². The summed E-state index contributed by atoms with van der Waals surface area (Å²) in [6.07, 6.45) is 0. The lowest BCUT2D eigenvalue weighted by molar-refractivity contribution is 0.386. The lowest BCUT2D eigenvalue weighted by Crippen LogP contribution is -2.19. The molecular weight excluding hydrogens is 325 g/mol. The van der Waals surface area contributed by atoms with Crippen molar-refractivity contribution in [3.63, 3.8) is 0 Å². The van der Waals surface area contributed by atoms with Gasteiger partial charge in [0.1, 0.15) is 16.5 Å². The third kappa shape index (κ3) is 2.94. The molecule has 1 aromatic carbocycles. The van der Waals surface area contributed by atoms with Crippen molar-refractivity contribution in [2.75, 3.05) is 19.1 Å². The van der Waals surface area contributed by atoms with E-state index in [1.807, 2.05) is 24.9 Å². The molecule has 0 radical (unpaired) electrons. The van der Waals surface area contributed by atoms with E-state index >= 15 is 0 Å². The second kappa shape index (κ2) is 6.36. The lowest BCUT2D eigenvalue weighted by Gasteiger charge is -2.20. The summed E-state index contributed by atoms with van der Waals surface area (Å²) < 4.78 is 18.9. The predicted octanol–water partition coefficient (Wildman–Crippen LogP) is 4.40. The molecule has 0 spiro atoms. The number of nitrogens with zero attached hydrogens (tertiary/aromatic N) is 3. The average molecular weight is 345 g/mol. The molecule has 2 heterocycles. The van der Waals surface area contributed by atoms with Gasteiger partial charge in [0.05, 0.1) is 12.5 Å². The first-order chi connectivity index (χ1) is 11.4. The van der Waals surface area contributed by atoms with Gasteiger partial charge in [-0.25, -0.2) is 14.4 Å². The second-order valence-corrected chi connectivity index (χ2v) is 7.09. The summed E-state index contributed by atoms with van der Waals surface area (Å²) in [7, 11) is 3.43. The van der Waals surface area contributed by atoms with E-state index in [4.69, 9.17) is 4.74 Å². The Hall–Kier alpha value is -2.21. The average Bonchev–Trinajstić information content (AvgIpc) is 2.81. The number of thiophene rings is 1. The molecule has 0 fully saturated rings. The number of aryl methyl sites for hydroxylation is 3. The van der Waals surface area contributed by atoms with E-state index in [-0.39, 0.29) is 11.6 Å². The van der Waals surface area contributed by atoms with E-state index in [2.05, 4.69) is 23.8 Å². The summed E-state index contributed by atoms with van der Waals surface area (Å²) in [5, 5.41) is 1.08. The normalized spacial score (nSPS) is 11.1. The SMILES string of the molecule is COc1ccc(CN(C)c2nc(C)nc3sc(C)c(C)c23)cc1F. The van der Waals surface area contributed by atoms with E-state index < -0.39 is 0 Å².